The van der Waals surface area contributed by atoms with Crippen LogP contribution < -0.4 is 5.32 Å². The number of halogens is 1. The summed E-state index contributed by atoms with van der Waals surface area (Å²) in [4.78, 5) is 13.6. The molecule has 18 heavy (non-hydrogen) atoms. The van der Waals surface area contributed by atoms with E-state index >= 15 is 0 Å². The first-order chi connectivity index (χ1) is 8.56. The molecule has 2 heterocycles. The first-order valence-electron chi connectivity index (χ1n) is 5.34. The Morgan fingerprint density at radius 3 is 2.72 bits per heavy atom. The highest BCUT2D eigenvalue weighted by Gasteiger charge is 2.10. The fourth-order valence-corrected chi connectivity index (χ4v) is 3.90. The maximum absolute atomic E-state index is 10.9. The van der Waals surface area contributed by atoms with Crippen molar-refractivity contribution in [1.29, 1.82) is 0 Å². The number of aromatic carboxylic acids is 1. The van der Waals surface area contributed by atoms with Gasteiger partial charge in [0.1, 0.15) is 4.88 Å². The number of thiophene rings is 2. The third-order valence-corrected chi connectivity index (χ3v) is 5.18. The van der Waals surface area contributed by atoms with E-state index < -0.39 is 5.97 Å². The van der Waals surface area contributed by atoms with Crippen LogP contribution in [0.5, 0.6) is 0 Å². The van der Waals surface area contributed by atoms with Crippen LogP contribution >= 0.6 is 38.6 Å². The maximum atomic E-state index is 10.9. The van der Waals surface area contributed by atoms with Gasteiger partial charge in [-0.1, -0.05) is 0 Å². The molecule has 0 atom stereocenters. The number of carboxylic acids is 1. The minimum atomic E-state index is -0.850. The molecular formula is C12H12BrNO2S2. The minimum Gasteiger partial charge on any atom is -0.477 e. The second kappa shape index (κ2) is 5.97. The molecule has 3 nitrogen and oxygen atoms in total. The fraction of sp³-hybridized carbons (Fsp3) is 0.250. The van der Waals surface area contributed by atoms with Crippen molar-refractivity contribution >= 4 is 44.6 Å². The largest absolute Gasteiger partial charge is 0.477 e. The number of rotatable bonds is 5. The van der Waals surface area contributed by atoms with Crippen LogP contribution in [-0.4, -0.2) is 11.1 Å². The Morgan fingerprint density at radius 1 is 1.39 bits per heavy atom. The van der Waals surface area contributed by atoms with Gasteiger partial charge in [-0.2, -0.15) is 0 Å². The fourth-order valence-electron chi connectivity index (χ4n) is 1.57. The second-order valence-electron chi connectivity index (χ2n) is 3.81. The summed E-state index contributed by atoms with van der Waals surface area (Å²) < 4.78 is 1.12. The van der Waals surface area contributed by atoms with Gasteiger partial charge in [0.2, 0.25) is 0 Å². The van der Waals surface area contributed by atoms with Crippen LogP contribution in [0, 0.1) is 6.92 Å². The number of aryl methyl sites for hydroxylation is 1. The van der Waals surface area contributed by atoms with E-state index in [0.717, 1.165) is 20.8 Å². The molecule has 0 saturated heterocycles. The van der Waals surface area contributed by atoms with Gasteiger partial charge in [0.05, 0.1) is 3.79 Å². The number of carboxylic acid groups (broad SMARTS) is 1. The van der Waals surface area contributed by atoms with E-state index in [0.29, 0.717) is 11.4 Å². The van der Waals surface area contributed by atoms with Crippen LogP contribution in [0.25, 0.3) is 0 Å². The summed E-state index contributed by atoms with van der Waals surface area (Å²) in [6, 6.07) is 5.85. The molecule has 2 aromatic heterocycles. The van der Waals surface area contributed by atoms with Gasteiger partial charge in [-0.15, -0.1) is 22.7 Å². The van der Waals surface area contributed by atoms with Crippen molar-refractivity contribution < 1.29 is 9.90 Å². The third-order valence-electron chi connectivity index (χ3n) is 2.47. The standard InChI is InChI=1S/C12H12BrNO2S2/c1-7-8(4-10(17-7)12(15)16)5-14-6-9-2-3-11(13)18-9/h2-4,14H,5-6H2,1H3,(H,15,16). The Labute approximate surface area is 122 Å². The van der Waals surface area contributed by atoms with Gasteiger partial charge in [0.25, 0.3) is 0 Å². The van der Waals surface area contributed by atoms with E-state index in [9.17, 15) is 4.79 Å². The summed E-state index contributed by atoms with van der Waals surface area (Å²) >= 11 is 6.46. The summed E-state index contributed by atoms with van der Waals surface area (Å²) in [5.41, 5.74) is 1.06. The van der Waals surface area contributed by atoms with Gasteiger partial charge in [-0.05, 0) is 46.6 Å². The lowest BCUT2D eigenvalue weighted by atomic mass is 10.2. The van der Waals surface area contributed by atoms with E-state index in [4.69, 9.17) is 5.11 Å². The molecule has 0 aliphatic rings. The molecule has 0 aliphatic heterocycles. The van der Waals surface area contributed by atoms with Crippen molar-refractivity contribution in [2.24, 2.45) is 0 Å². The number of hydrogen-bond acceptors (Lipinski definition) is 4. The molecule has 0 fully saturated rings. The van der Waals surface area contributed by atoms with Gasteiger partial charge in [0.15, 0.2) is 0 Å². The number of carbonyl (C=O) groups is 1. The molecule has 2 rings (SSSR count). The molecule has 2 aromatic rings. The van der Waals surface area contributed by atoms with Gasteiger partial charge >= 0.3 is 5.97 Å². The molecule has 2 N–H and O–H groups in total. The van der Waals surface area contributed by atoms with Crippen LogP contribution in [0.1, 0.15) is 25.0 Å². The Kier molecular flexibility index (Phi) is 4.55. The molecule has 6 heteroatoms. The molecule has 0 saturated carbocycles. The van der Waals surface area contributed by atoms with Crippen LogP contribution in [0.3, 0.4) is 0 Å². The lowest BCUT2D eigenvalue weighted by molar-refractivity contribution is 0.0702. The monoisotopic (exact) mass is 345 g/mol. The van der Waals surface area contributed by atoms with Crippen LogP contribution in [0.2, 0.25) is 0 Å². The topological polar surface area (TPSA) is 49.3 Å². The third kappa shape index (κ3) is 3.41. The van der Waals surface area contributed by atoms with Gasteiger partial charge < -0.3 is 10.4 Å². The smallest absolute Gasteiger partial charge is 0.345 e. The maximum Gasteiger partial charge on any atom is 0.345 e. The minimum absolute atomic E-state index is 0.406. The van der Waals surface area contributed by atoms with E-state index in [1.165, 1.54) is 16.2 Å². The van der Waals surface area contributed by atoms with E-state index in [1.807, 2.05) is 13.0 Å². The highest BCUT2D eigenvalue weighted by atomic mass is 79.9. The molecule has 0 aromatic carbocycles. The highest BCUT2D eigenvalue weighted by Crippen LogP contribution is 2.23. The Hall–Kier alpha value is -0.690. The Bertz CT molecular complexity index is 562. The summed E-state index contributed by atoms with van der Waals surface area (Å²) in [5, 5.41) is 12.2. The van der Waals surface area contributed by atoms with Crippen LogP contribution in [-0.2, 0) is 13.1 Å². The van der Waals surface area contributed by atoms with Gasteiger partial charge in [0, 0.05) is 22.8 Å². The van der Waals surface area contributed by atoms with E-state index in [2.05, 4.69) is 27.3 Å². The second-order valence-corrected chi connectivity index (χ2v) is 7.61. The normalized spacial score (nSPS) is 10.8. The van der Waals surface area contributed by atoms with Gasteiger partial charge in [-0.3, -0.25) is 0 Å². The predicted octanol–water partition coefficient (Wildman–Crippen LogP) is 3.87. The molecule has 0 bridgehead atoms. The van der Waals surface area contributed by atoms with Crippen molar-refractivity contribution in [2.75, 3.05) is 0 Å². The summed E-state index contributed by atoms with van der Waals surface area (Å²) in [5.74, 6) is -0.850. The molecular weight excluding hydrogens is 334 g/mol. The van der Waals surface area contributed by atoms with E-state index in [1.54, 1.807) is 17.4 Å². The predicted molar refractivity (Wildman–Crippen MR) is 78.6 cm³/mol. The first-order valence-corrected chi connectivity index (χ1v) is 7.76. The molecule has 0 amide bonds. The molecule has 0 spiro atoms. The lowest BCUT2D eigenvalue weighted by Gasteiger charge is -2.02. The zero-order valence-electron chi connectivity index (χ0n) is 9.70. The Balaban J connectivity index is 1.92. The van der Waals surface area contributed by atoms with Crippen molar-refractivity contribution in [1.82, 2.24) is 5.32 Å². The van der Waals surface area contributed by atoms with Gasteiger partial charge in [-0.25, -0.2) is 4.79 Å². The zero-order valence-corrected chi connectivity index (χ0v) is 12.9. The Morgan fingerprint density at radius 2 is 2.17 bits per heavy atom. The molecule has 0 aliphatic carbocycles. The number of nitrogens with one attached hydrogen (secondary N) is 1. The summed E-state index contributed by atoms with van der Waals surface area (Å²) in [6.07, 6.45) is 0. The molecule has 0 radical (unpaired) electrons. The van der Waals surface area contributed by atoms with Crippen molar-refractivity contribution in [3.8, 4) is 0 Å². The quantitative estimate of drug-likeness (QED) is 0.864. The SMILES string of the molecule is Cc1sc(C(=O)O)cc1CNCc1ccc(Br)s1. The van der Waals surface area contributed by atoms with Crippen molar-refractivity contribution in [3.05, 3.63) is 42.2 Å². The van der Waals surface area contributed by atoms with E-state index in [-0.39, 0.29) is 0 Å². The number of hydrogen-bond donors (Lipinski definition) is 2. The van der Waals surface area contributed by atoms with Crippen LogP contribution in [0.4, 0.5) is 0 Å². The lowest BCUT2D eigenvalue weighted by Crippen LogP contribution is -2.11. The zero-order chi connectivity index (χ0) is 13.1. The summed E-state index contributed by atoms with van der Waals surface area (Å²) in [6.45, 7) is 3.45. The van der Waals surface area contributed by atoms with Crippen molar-refractivity contribution in [2.45, 2.75) is 20.0 Å². The summed E-state index contributed by atoms with van der Waals surface area (Å²) in [7, 11) is 0. The average molecular weight is 346 g/mol. The molecule has 0 unspecified atom stereocenters. The average Bonchev–Trinajstić information content (AvgIpc) is 2.87. The molecule has 96 valence electrons. The highest BCUT2D eigenvalue weighted by molar-refractivity contribution is 9.11. The van der Waals surface area contributed by atoms with Crippen LogP contribution in [0.15, 0.2) is 22.0 Å². The first kappa shape index (κ1) is 13.7. The van der Waals surface area contributed by atoms with Crippen molar-refractivity contribution in [3.63, 3.8) is 0 Å².